The van der Waals surface area contributed by atoms with E-state index < -0.39 is 12.0 Å². The normalized spacial score (nSPS) is 12.8. The number of fused-ring (bicyclic) bond motifs is 1. The summed E-state index contributed by atoms with van der Waals surface area (Å²) >= 11 is 0. The molecule has 5 heteroatoms. The van der Waals surface area contributed by atoms with Gasteiger partial charge in [-0.2, -0.15) is 0 Å². The van der Waals surface area contributed by atoms with Gasteiger partial charge in [0, 0.05) is 29.9 Å². The van der Waals surface area contributed by atoms with E-state index in [0.717, 1.165) is 61.4 Å². The van der Waals surface area contributed by atoms with E-state index in [-0.39, 0.29) is 12.3 Å². The maximum Gasteiger partial charge on any atom is 0.326 e. The number of carboxylic acid groups (broad SMARTS) is 1. The zero-order valence-electron chi connectivity index (χ0n) is 21.9. The molecule has 1 aromatic carbocycles. The fourth-order valence-corrected chi connectivity index (χ4v) is 4.18. The van der Waals surface area contributed by atoms with Crippen molar-refractivity contribution in [3.05, 3.63) is 72.5 Å². The Bertz CT molecular complexity index is 987. The number of allylic oxidation sites excluding steroid dienone is 6. The molecule has 5 nitrogen and oxygen atoms in total. The van der Waals surface area contributed by atoms with Gasteiger partial charge in [0.05, 0.1) is 0 Å². The summed E-state index contributed by atoms with van der Waals surface area (Å²) < 4.78 is 0. The number of aliphatic carboxylic acids is 1. The van der Waals surface area contributed by atoms with Gasteiger partial charge in [0.1, 0.15) is 6.04 Å². The van der Waals surface area contributed by atoms with Gasteiger partial charge >= 0.3 is 5.97 Å². The molecule has 0 saturated heterocycles. The average Bonchev–Trinajstić information content (AvgIpc) is 3.28. The predicted molar refractivity (Wildman–Crippen MR) is 150 cm³/mol. The van der Waals surface area contributed by atoms with E-state index >= 15 is 0 Å². The number of rotatable bonds is 19. The van der Waals surface area contributed by atoms with Crippen molar-refractivity contribution in [3.8, 4) is 0 Å². The highest BCUT2D eigenvalue weighted by atomic mass is 16.4. The number of carbonyl (C=O) groups excluding carboxylic acids is 1. The molecule has 0 spiro atoms. The number of aromatic amines is 1. The highest BCUT2D eigenvalue weighted by Gasteiger charge is 2.21. The van der Waals surface area contributed by atoms with Crippen LogP contribution in [0.3, 0.4) is 0 Å². The number of carbonyl (C=O) groups is 2. The molecular formula is C31H44N2O3. The molecule has 0 aliphatic heterocycles. The second-order valence-electron chi connectivity index (χ2n) is 9.36. The lowest BCUT2D eigenvalue weighted by atomic mass is 10.0. The smallest absolute Gasteiger partial charge is 0.326 e. The quantitative estimate of drug-likeness (QED) is 0.139. The van der Waals surface area contributed by atoms with Gasteiger partial charge in [-0.3, -0.25) is 4.79 Å². The largest absolute Gasteiger partial charge is 0.480 e. The van der Waals surface area contributed by atoms with Gasteiger partial charge in [0.2, 0.25) is 5.91 Å². The molecular weight excluding hydrogens is 448 g/mol. The number of hydrogen-bond acceptors (Lipinski definition) is 2. The molecule has 1 atom stereocenters. The molecule has 2 rings (SSSR count). The number of nitrogens with one attached hydrogen (secondary N) is 2. The van der Waals surface area contributed by atoms with Crippen LogP contribution in [0.15, 0.2) is 66.9 Å². The molecule has 0 bridgehead atoms. The maximum atomic E-state index is 12.3. The molecule has 1 heterocycles. The van der Waals surface area contributed by atoms with Gasteiger partial charge < -0.3 is 15.4 Å². The van der Waals surface area contributed by atoms with Crippen LogP contribution in [0.25, 0.3) is 10.9 Å². The minimum absolute atomic E-state index is 0.190. The van der Waals surface area contributed by atoms with E-state index in [1.807, 2.05) is 30.5 Å². The summed E-state index contributed by atoms with van der Waals surface area (Å²) in [4.78, 5) is 27.2. The summed E-state index contributed by atoms with van der Waals surface area (Å²) in [5, 5.41) is 13.3. The second-order valence-corrected chi connectivity index (χ2v) is 9.36. The highest BCUT2D eigenvalue weighted by molar-refractivity contribution is 5.86. The van der Waals surface area contributed by atoms with Crippen LogP contribution in [0.2, 0.25) is 0 Å². The van der Waals surface area contributed by atoms with E-state index in [9.17, 15) is 14.7 Å². The lowest BCUT2D eigenvalue weighted by molar-refractivity contribution is -0.141. The third kappa shape index (κ3) is 12.1. The van der Waals surface area contributed by atoms with Crippen LogP contribution in [-0.4, -0.2) is 28.0 Å². The van der Waals surface area contributed by atoms with Crippen molar-refractivity contribution in [1.29, 1.82) is 0 Å². The van der Waals surface area contributed by atoms with E-state index in [1.165, 1.54) is 25.7 Å². The van der Waals surface area contributed by atoms with Crippen LogP contribution >= 0.6 is 0 Å². The lowest BCUT2D eigenvalue weighted by Gasteiger charge is -2.14. The van der Waals surface area contributed by atoms with Crippen molar-refractivity contribution < 1.29 is 14.7 Å². The first-order valence-electron chi connectivity index (χ1n) is 13.6. The Balaban J connectivity index is 1.52. The fraction of sp³-hybridized carbons (Fsp3) is 0.484. The van der Waals surface area contributed by atoms with E-state index in [1.54, 1.807) is 0 Å². The van der Waals surface area contributed by atoms with Crippen molar-refractivity contribution in [1.82, 2.24) is 10.3 Å². The summed E-state index contributed by atoms with van der Waals surface area (Å²) in [6.07, 6.45) is 28.0. The maximum absolute atomic E-state index is 12.3. The van der Waals surface area contributed by atoms with Gasteiger partial charge in [-0.1, -0.05) is 87.3 Å². The number of hydrogen-bond donors (Lipinski definition) is 3. The average molecular weight is 493 g/mol. The standard InChI is InChI=1S/C31H44N2O3/c1-2-3-4-5-6-7-8-9-10-11-12-13-14-15-16-17-18-23-30(34)33-29(31(35)36)24-26-25-32-28-22-20-19-21-27(26)28/h6-7,9-10,12-13,19-22,25,29,32H,2-5,8,11,14-18,23-24H2,1H3,(H,33,34)(H,35,36)/b7-6-,10-9-,13-12-/t29-/m0/s1. The van der Waals surface area contributed by atoms with E-state index in [4.69, 9.17) is 0 Å². The lowest BCUT2D eigenvalue weighted by Crippen LogP contribution is -2.42. The minimum atomic E-state index is -1.01. The van der Waals surface area contributed by atoms with Crippen molar-refractivity contribution >= 4 is 22.8 Å². The molecule has 36 heavy (non-hydrogen) atoms. The SMILES string of the molecule is CCCCC/C=C\C/C=C\C/C=C\CCCCCCC(=O)N[C@@H](Cc1c[nH]c2ccccc12)C(=O)O. The Hall–Kier alpha value is -3.08. The van der Waals surface area contributed by atoms with Gasteiger partial charge in [-0.05, 0) is 56.6 Å². The van der Waals surface area contributed by atoms with Crippen LogP contribution in [-0.2, 0) is 16.0 Å². The molecule has 0 aliphatic carbocycles. The zero-order chi connectivity index (χ0) is 25.8. The van der Waals surface area contributed by atoms with Crippen molar-refractivity contribution in [2.45, 2.75) is 96.4 Å². The minimum Gasteiger partial charge on any atom is -0.480 e. The molecule has 0 saturated carbocycles. The Morgan fingerprint density at radius 1 is 0.889 bits per heavy atom. The highest BCUT2D eigenvalue weighted by Crippen LogP contribution is 2.19. The third-order valence-electron chi connectivity index (χ3n) is 6.28. The monoisotopic (exact) mass is 492 g/mol. The van der Waals surface area contributed by atoms with E-state index in [0.29, 0.717) is 6.42 Å². The van der Waals surface area contributed by atoms with Gasteiger partial charge in [0.15, 0.2) is 0 Å². The summed E-state index contributed by atoms with van der Waals surface area (Å²) in [5.74, 6) is -1.20. The molecule has 0 fully saturated rings. The number of H-pyrrole nitrogens is 1. The Kier molecular flexibility index (Phi) is 14.8. The van der Waals surface area contributed by atoms with Crippen LogP contribution in [0, 0.1) is 0 Å². The van der Waals surface area contributed by atoms with Crippen LogP contribution < -0.4 is 5.32 Å². The topological polar surface area (TPSA) is 82.2 Å². The zero-order valence-corrected chi connectivity index (χ0v) is 21.9. The van der Waals surface area contributed by atoms with Gasteiger partial charge in [0.25, 0.3) is 0 Å². The van der Waals surface area contributed by atoms with Crippen molar-refractivity contribution in [3.63, 3.8) is 0 Å². The number of unbranched alkanes of at least 4 members (excludes halogenated alkanes) is 7. The first-order chi connectivity index (χ1) is 17.6. The Morgan fingerprint density at radius 2 is 1.53 bits per heavy atom. The summed E-state index contributed by atoms with van der Waals surface area (Å²) in [6.45, 7) is 2.23. The fourth-order valence-electron chi connectivity index (χ4n) is 4.18. The molecule has 2 aromatic rings. The first-order valence-corrected chi connectivity index (χ1v) is 13.6. The third-order valence-corrected chi connectivity index (χ3v) is 6.28. The molecule has 3 N–H and O–H groups in total. The molecule has 1 aromatic heterocycles. The van der Waals surface area contributed by atoms with Crippen LogP contribution in [0.4, 0.5) is 0 Å². The summed E-state index contributed by atoms with van der Waals surface area (Å²) in [6, 6.07) is 6.86. The number of carboxylic acids is 1. The molecule has 0 unspecified atom stereocenters. The molecule has 1 amide bonds. The van der Waals surface area contributed by atoms with Crippen LogP contribution in [0.1, 0.15) is 89.5 Å². The van der Waals surface area contributed by atoms with Gasteiger partial charge in [-0.25, -0.2) is 4.79 Å². The number of para-hydroxylation sites is 1. The number of benzene rings is 1. The van der Waals surface area contributed by atoms with Crippen molar-refractivity contribution in [2.24, 2.45) is 0 Å². The molecule has 0 radical (unpaired) electrons. The number of amides is 1. The first kappa shape index (κ1) is 29.2. The Morgan fingerprint density at radius 3 is 2.22 bits per heavy atom. The summed E-state index contributed by atoms with van der Waals surface area (Å²) in [7, 11) is 0. The van der Waals surface area contributed by atoms with Crippen molar-refractivity contribution in [2.75, 3.05) is 0 Å². The van der Waals surface area contributed by atoms with Crippen LogP contribution in [0.5, 0.6) is 0 Å². The molecule has 0 aliphatic rings. The number of aromatic nitrogens is 1. The predicted octanol–water partition coefficient (Wildman–Crippen LogP) is 7.65. The second kappa shape index (κ2) is 18.2. The molecule has 196 valence electrons. The van der Waals surface area contributed by atoms with E-state index in [2.05, 4.69) is 53.7 Å². The Labute approximate surface area is 216 Å². The van der Waals surface area contributed by atoms with Gasteiger partial charge in [-0.15, -0.1) is 0 Å². The summed E-state index contributed by atoms with van der Waals surface area (Å²) in [5.41, 5.74) is 1.87.